The zero-order valence-corrected chi connectivity index (χ0v) is 17.8. The van der Waals surface area contributed by atoms with Crippen molar-refractivity contribution in [2.24, 2.45) is 0 Å². The molecule has 0 saturated carbocycles. The van der Waals surface area contributed by atoms with Gasteiger partial charge in [0.2, 0.25) is 12.4 Å². The Labute approximate surface area is 206 Å². The number of carboxylic acids is 2. The number of hydrogen-bond acceptors (Lipinski definition) is 9. The molecule has 1 aliphatic rings. The fourth-order valence-corrected chi connectivity index (χ4v) is 3.39. The summed E-state index contributed by atoms with van der Waals surface area (Å²) in [5.74, 6) is -3.00. The number of aromatic nitrogens is 2. The Hall–Kier alpha value is -4.62. The summed E-state index contributed by atoms with van der Waals surface area (Å²) in [7, 11) is 0. The number of nitrogens with zero attached hydrogens (tertiary/aromatic N) is 2. The van der Waals surface area contributed by atoms with Crippen molar-refractivity contribution in [3.63, 3.8) is 0 Å². The predicted molar refractivity (Wildman–Crippen MR) is 134 cm³/mol. The average Bonchev–Trinajstić information content (AvgIpc) is 2.79. The highest BCUT2D eigenvalue weighted by atomic mass is 16.4. The highest BCUT2D eigenvalue weighted by Crippen LogP contribution is 2.25. The van der Waals surface area contributed by atoms with Gasteiger partial charge in [-0.2, -0.15) is 4.98 Å². The molecule has 8 N–H and O–H groups in total. The number of H-pyrrole nitrogens is 1. The van der Waals surface area contributed by atoms with Crippen LogP contribution in [0.1, 0.15) is 38.1 Å². The number of nitrogen functional groups attached to an aromatic ring is 1. The first-order valence-corrected chi connectivity index (χ1v) is 10.2. The SMILES string of the molecule is C.C.Nc1nc2c(c(=O)[nH]1)N(C=O)C(CNc1ccc(C(=O)N[C@@H](CCC(=O)O)C(=O)O)cc1)CN2. The van der Waals surface area contributed by atoms with E-state index in [1.165, 1.54) is 17.0 Å². The first-order valence-electron chi connectivity index (χ1n) is 10.2. The number of carbonyl (C=O) groups is 4. The van der Waals surface area contributed by atoms with Crippen LogP contribution in [0.3, 0.4) is 0 Å². The number of anilines is 4. The maximum atomic E-state index is 12.3. The molecule has 2 aromatic rings. The van der Waals surface area contributed by atoms with E-state index in [0.717, 1.165) is 0 Å². The number of rotatable bonds is 10. The third-order valence-corrected chi connectivity index (χ3v) is 5.12. The molecule has 1 aromatic carbocycles. The molecule has 0 fully saturated rings. The maximum absolute atomic E-state index is 12.3. The van der Waals surface area contributed by atoms with Crippen molar-refractivity contribution in [3.05, 3.63) is 40.2 Å². The Balaban J connectivity index is 0.00000324. The molecule has 1 unspecified atom stereocenters. The number of carboxylic acid groups (broad SMARTS) is 2. The van der Waals surface area contributed by atoms with Gasteiger partial charge in [0.05, 0.1) is 6.04 Å². The molecule has 2 amide bonds. The van der Waals surface area contributed by atoms with Crippen LogP contribution in [-0.2, 0) is 14.4 Å². The van der Waals surface area contributed by atoms with Gasteiger partial charge in [-0.25, -0.2) is 4.79 Å². The third kappa shape index (κ3) is 6.94. The van der Waals surface area contributed by atoms with E-state index in [4.69, 9.17) is 10.8 Å². The van der Waals surface area contributed by atoms with Gasteiger partial charge in [0, 0.05) is 30.8 Å². The molecule has 2 atom stereocenters. The summed E-state index contributed by atoms with van der Waals surface area (Å²) in [6.45, 7) is 0.568. The lowest BCUT2D eigenvalue weighted by molar-refractivity contribution is -0.140. The van der Waals surface area contributed by atoms with Gasteiger partial charge in [0.1, 0.15) is 6.04 Å². The predicted octanol–water partition coefficient (Wildman–Crippen LogP) is 0.541. The molecule has 196 valence electrons. The molecule has 0 aliphatic carbocycles. The summed E-state index contributed by atoms with van der Waals surface area (Å²) in [6, 6.07) is 4.36. The third-order valence-electron chi connectivity index (χ3n) is 5.12. The van der Waals surface area contributed by atoms with Crippen LogP contribution in [0.25, 0.3) is 0 Å². The van der Waals surface area contributed by atoms with Crippen LogP contribution < -0.4 is 32.1 Å². The number of carbonyl (C=O) groups excluding carboxylic acids is 2. The van der Waals surface area contributed by atoms with Crippen molar-refractivity contribution >= 4 is 47.4 Å². The largest absolute Gasteiger partial charge is 0.481 e. The standard InChI is InChI=1S/C20H23N7O7.2CH4/c21-20-25-16-15(18(32)26-20)27(9-28)12(8-23-16)7-22-11-3-1-10(2-4-11)17(31)24-13(19(33)34)5-6-14(29)30;;/h1-4,9,12-13,22H,5-8H2,(H,24,31)(H,29,30)(H,33,34)(H4,21,23,25,26,32);2*1H4/t12?,13-;;/m0../s1. The smallest absolute Gasteiger partial charge is 0.326 e. The van der Waals surface area contributed by atoms with Gasteiger partial charge in [0.15, 0.2) is 11.5 Å². The van der Waals surface area contributed by atoms with Crippen molar-refractivity contribution in [2.75, 3.05) is 34.4 Å². The second-order valence-electron chi connectivity index (χ2n) is 7.45. The second kappa shape index (κ2) is 12.7. The number of fused-ring (bicyclic) bond motifs is 1. The number of benzene rings is 1. The molecular formula is C22H31N7O7. The lowest BCUT2D eigenvalue weighted by Crippen LogP contribution is -2.50. The topological polar surface area (TPSA) is 220 Å². The Morgan fingerprint density at radius 3 is 2.47 bits per heavy atom. The summed E-state index contributed by atoms with van der Waals surface area (Å²) in [5, 5.41) is 26.3. The van der Waals surface area contributed by atoms with Crippen LogP contribution in [0, 0.1) is 0 Å². The van der Waals surface area contributed by atoms with Crippen LogP contribution in [0.5, 0.6) is 0 Å². The van der Waals surface area contributed by atoms with Gasteiger partial charge >= 0.3 is 11.9 Å². The molecule has 14 nitrogen and oxygen atoms in total. The average molecular weight is 506 g/mol. The van der Waals surface area contributed by atoms with E-state index < -0.39 is 41.9 Å². The molecule has 14 heteroatoms. The van der Waals surface area contributed by atoms with Gasteiger partial charge in [-0.3, -0.25) is 24.2 Å². The summed E-state index contributed by atoms with van der Waals surface area (Å²) < 4.78 is 0. The first kappa shape index (κ1) is 29.4. The molecule has 0 spiro atoms. The Bertz CT molecular complexity index is 1150. The minimum absolute atomic E-state index is 0. The molecule has 1 aliphatic heterocycles. The maximum Gasteiger partial charge on any atom is 0.326 e. The fourth-order valence-electron chi connectivity index (χ4n) is 3.39. The Morgan fingerprint density at radius 1 is 1.22 bits per heavy atom. The van der Waals surface area contributed by atoms with E-state index >= 15 is 0 Å². The summed E-state index contributed by atoms with van der Waals surface area (Å²) in [6.07, 6.45) is -0.101. The molecule has 3 rings (SSSR count). The Kier molecular flexibility index (Phi) is 10.4. The first-order chi connectivity index (χ1) is 16.2. The van der Waals surface area contributed by atoms with Crippen LogP contribution in [0.15, 0.2) is 29.1 Å². The van der Waals surface area contributed by atoms with Crippen molar-refractivity contribution in [2.45, 2.75) is 39.8 Å². The van der Waals surface area contributed by atoms with Gasteiger partial charge < -0.3 is 36.8 Å². The second-order valence-corrected chi connectivity index (χ2v) is 7.45. The van der Waals surface area contributed by atoms with E-state index in [9.17, 15) is 29.1 Å². The summed E-state index contributed by atoms with van der Waals surface area (Å²) >= 11 is 0. The van der Waals surface area contributed by atoms with Crippen LogP contribution in [-0.4, -0.2) is 69.6 Å². The van der Waals surface area contributed by atoms with E-state index in [2.05, 4.69) is 25.9 Å². The molecule has 0 bridgehead atoms. The normalized spacial score (nSPS) is 14.6. The van der Waals surface area contributed by atoms with Gasteiger partial charge in [-0.1, -0.05) is 14.9 Å². The van der Waals surface area contributed by atoms with Gasteiger partial charge in [-0.05, 0) is 30.7 Å². The van der Waals surface area contributed by atoms with Crippen LogP contribution >= 0.6 is 0 Å². The molecule has 1 aromatic heterocycles. The minimum atomic E-state index is -1.33. The quantitative estimate of drug-likeness (QED) is 0.221. The highest BCUT2D eigenvalue weighted by Gasteiger charge is 2.29. The lowest BCUT2D eigenvalue weighted by atomic mass is 10.1. The summed E-state index contributed by atoms with van der Waals surface area (Å²) in [4.78, 5) is 65.7. The van der Waals surface area contributed by atoms with Gasteiger partial charge in [0.25, 0.3) is 11.5 Å². The zero-order valence-electron chi connectivity index (χ0n) is 17.8. The van der Waals surface area contributed by atoms with Crippen LogP contribution in [0.2, 0.25) is 0 Å². The number of nitrogens with two attached hydrogens (primary N) is 1. The van der Waals surface area contributed by atoms with Crippen LogP contribution in [0.4, 0.5) is 23.1 Å². The zero-order chi connectivity index (χ0) is 24.8. The van der Waals surface area contributed by atoms with E-state index in [-0.39, 0.29) is 50.8 Å². The molecule has 0 saturated heterocycles. The van der Waals surface area contributed by atoms with Crippen molar-refractivity contribution in [1.82, 2.24) is 15.3 Å². The number of aliphatic carboxylic acids is 2. The molecular weight excluding hydrogens is 474 g/mol. The molecule has 0 radical (unpaired) electrons. The van der Waals surface area contributed by atoms with E-state index in [1.807, 2.05) is 0 Å². The molecule has 36 heavy (non-hydrogen) atoms. The number of aromatic amines is 1. The Morgan fingerprint density at radius 2 is 1.89 bits per heavy atom. The minimum Gasteiger partial charge on any atom is -0.481 e. The fraction of sp³-hybridized carbons (Fsp3) is 0.364. The molecule has 2 heterocycles. The number of hydrogen-bond donors (Lipinski definition) is 7. The van der Waals surface area contributed by atoms with E-state index in [1.54, 1.807) is 12.1 Å². The number of nitrogens with one attached hydrogen (secondary N) is 4. The monoisotopic (exact) mass is 505 g/mol. The lowest BCUT2D eigenvalue weighted by Gasteiger charge is -2.34. The highest BCUT2D eigenvalue weighted by molar-refractivity contribution is 5.97. The van der Waals surface area contributed by atoms with Crippen molar-refractivity contribution in [3.8, 4) is 0 Å². The van der Waals surface area contributed by atoms with Crippen molar-refractivity contribution < 1.29 is 29.4 Å². The van der Waals surface area contributed by atoms with Crippen molar-refractivity contribution in [1.29, 1.82) is 0 Å². The van der Waals surface area contributed by atoms with Gasteiger partial charge in [-0.15, -0.1) is 0 Å². The number of amides is 2. The van der Waals surface area contributed by atoms with E-state index in [0.29, 0.717) is 18.6 Å². The summed E-state index contributed by atoms with van der Waals surface area (Å²) in [5.41, 5.74) is 5.84.